The summed E-state index contributed by atoms with van der Waals surface area (Å²) >= 11 is 0. The van der Waals surface area contributed by atoms with Crippen LogP contribution in [0.25, 0.3) is 0 Å². The molecule has 1 unspecified atom stereocenters. The Morgan fingerprint density at radius 1 is 1.44 bits per heavy atom. The number of rotatable bonds is 4. The number of hydrogen-bond acceptors (Lipinski definition) is 3. The molecule has 2 heterocycles. The van der Waals surface area contributed by atoms with Crippen molar-refractivity contribution >= 4 is 11.9 Å². The Kier molecular flexibility index (Phi) is 4.02. The fraction of sp³-hybridized carbons (Fsp3) is 0.538. The monoisotopic (exact) mass is 251 g/mol. The number of likely N-dealkylation sites (tertiary alicyclic amines) is 1. The molecule has 0 radical (unpaired) electrons. The Labute approximate surface area is 105 Å². The second-order valence-corrected chi connectivity index (χ2v) is 4.52. The standard InChI is InChI=1S/C13H17NO4/c15-12(7-6-10-4-3-9-18-10)14-8-2-1-5-11(14)13(16)17/h3-4,9,11H,1-2,5-8H2,(H,16,17). The first kappa shape index (κ1) is 12.7. The van der Waals surface area contributed by atoms with Gasteiger partial charge in [0.2, 0.25) is 5.91 Å². The van der Waals surface area contributed by atoms with E-state index in [1.807, 2.05) is 6.07 Å². The molecule has 5 nitrogen and oxygen atoms in total. The van der Waals surface area contributed by atoms with Crippen molar-refractivity contribution in [1.82, 2.24) is 4.90 Å². The SMILES string of the molecule is O=C(O)C1CCCCN1C(=O)CCc1ccco1. The van der Waals surface area contributed by atoms with Crippen molar-refractivity contribution in [2.24, 2.45) is 0 Å². The Morgan fingerprint density at radius 2 is 2.28 bits per heavy atom. The van der Waals surface area contributed by atoms with Gasteiger partial charge in [0.25, 0.3) is 0 Å². The molecule has 1 aromatic rings. The third kappa shape index (κ3) is 2.91. The van der Waals surface area contributed by atoms with Crippen LogP contribution in [-0.4, -0.2) is 34.5 Å². The van der Waals surface area contributed by atoms with Crippen LogP contribution in [-0.2, 0) is 16.0 Å². The molecule has 1 aliphatic heterocycles. The largest absolute Gasteiger partial charge is 0.480 e. The highest BCUT2D eigenvalue weighted by molar-refractivity contribution is 5.83. The zero-order chi connectivity index (χ0) is 13.0. The average molecular weight is 251 g/mol. The van der Waals surface area contributed by atoms with Gasteiger partial charge in [-0.3, -0.25) is 4.79 Å². The van der Waals surface area contributed by atoms with E-state index in [0.29, 0.717) is 25.8 Å². The molecule has 0 aliphatic carbocycles. The van der Waals surface area contributed by atoms with Crippen LogP contribution in [0, 0.1) is 0 Å². The van der Waals surface area contributed by atoms with Crippen LogP contribution in [0.1, 0.15) is 31.4 Å². The second kappa shape index (κ2) is 5.71. The van der Waals surface area contributed by atoms with Gasteiger partial charge < -0.3 is 14.4 Å². The van der Waals surface area contributed by atoms with Crippen LogP contribution in [0.15, 0.2) is 22.8 Å². The molecule has 98 valence electrons. The molecule has 0 saturated carbocycles. The maximum atomic E-state index is 12.0. The summed E-state index contributed by atoms with van der Waals surface area (Å²) in [5.74, 6) is -0.244. The highest BCUT2D eigenvalue weighted by Gasteiger charge is 2.31. The summed E-state index contributed by atoms with van der Waals surface area (Å²) in [5, 5.41) is 9.10. The normalized spacial score (nSPS) is 19.8. The number of amides is 1. The topological polar surface area (TPSA) is 70.8 Å². The number of aryl methyl sites for hydroxylation is 1. The zero-order valence-electron chi connectivity index (χ0n) is 10.2. The van der Waals surface area contributed by atoms with Crippen LogP contribution < -0.4 is 0 Å². The molecule has 0 spiro atoms. The van der Waals surface area contributed by atoms with E-state index in [2.05, 4.69) is 0 Å². The lowest BCUT2D eigenvalue weighted by Crippen LogP contribution is -2.48. The number of nitrogens with zero attached hydrogens (tertiary/aromatic N) is 1. The Bertz CT molecular complexity index is 413. The van der Waals surface area contributed by atoms with Gasteiger partial charge in [0.1, 0.15) is 11.8 Å². The van der Waals surface area contributed by atoms with Gasteiger partial charge in [0, 0.05) is 19.4 Å². The van der Waals surface area contributed by atoms with Crippen LogP contribution in [0.2, 0.25) is 0 Å². The van der Waals surface area contributed by atoms with Gasteiger partial charge in [0.15, 0.2) is 0 Å². The minimum Gasteiger partial charge on any atom is -0.480 e. The van der Waals surface area contributed by atoms with Crippen LogP contribution in [0.5, 0.6) is 0 Å². The number of carbonyl (C=O) groups excluding carboxylic acids is 1. The Balaban J connectivity index is 1.92. The molecular formula is C13H17NO4. The smallest absolute Gasteiger partial charge is 0.326 e. The van der Waals surface area contributed by atoms with Crippen molar-refractivity contribution in [1.29, 1.82) is 0 Å². The summed E-state index contributed by atoms with van der Waals surface area (Å²) in [5.41, 5.74) is 0. The number of carboxylic acids is 1. The summed E-state index contributed by atoms with van der Waals surface area (Å²) < 4.78 is 5.16. The van der Waals surface area contributed by atoms with Gasteiger partial charge in [0.05, 0.1) is 6.26 Å². The van der Waals surface area contributed by atoms with Gasteiger partial charge in [-0.1, -0.05) is 0 Å². The number of carboxylic acid groups (broad SMARTS) is 1. The van der Waals surface area contributed by atoms with E-state index in [1.165, 1.54) is 4.90 Å². The van der Waals surface area contributed by atoms with Gasteiger partial charge in [-0.2, -0.15) is 0 Å². The molecule has 5 heteroatoms. The molecule has 0 aromatic carbocycles. The molecule has 18 heavy (non-hydrogen) atoms. The Morgan fingerprint density at radius 3 is 2.94 bits per heavy atom. The number of piperidine rings is 1. The van der Waals surface area contributed by atoms with Crippen LogP contribution in [0.4, 0.5) is 0 Å². The van der Waals surface area contributed by atoms with E-state index in [4.69, 9.17) is 9.52 Å². The molecule has 1 aromatic heterocycles. The van der Waals surface area contributed by atoms with Crippen molar-refractivity contribution in [3.05, 3.63) is 24.2 Å². The number of furan rings is 1. The number of carbonyl (C=O) groups is 2. The Hall–Kier alpha value is -1.78. The van der Waals surface area contributed by atoms with Crippen molar-refractivity contribution < 1.29 is 19.1 Å². The molecule has 0 bridgehead atoms. The van der Waals surface area contributed by atoms with Crippen molar-refractivity contribution in [2.75, 3.05) is 6.54 Å². The lowest BCUT2D eigenvalue weighted by Gasteiger charge is -2.32. The summed E-state index contributed by atoms with van der Waals surface area (Å²) in [4.78, 5) is 24.6. The second-order valence-electron chi connectivity index (χ2n) is 4.52. The van der Waals surface area contributed by atoms with E-state index in [1.54, 1.807) is 12.3 Å². The minimum absolute atomic E-state index is 0.0986. The molecular weight excluding hydrogens is 234 g/mol. The molecule has 1 fully saturated rings. The van der Waals surface area contributed by atoms with Crippen molar-refractivity contribution in [3.8, 4) is 0 Å². The predicted molar refractivity (Wildman–Crippen MR) is 64.0 cm³/mol. The molecule has 1 N–H and O–H groups in total. The van der Waals surface area contributed by atoms with Crippen molar-refractivity contribution in [2.45, 2.75) is 38.1 Å². The van der Waals surface area contributed by atoms with E-state index in [0.717, 1.165) is 18.6 Å². The maximum absolute atomic E-state index is 12.0. The van der Waals surface area contributed by atoms with Gasteiger partial charge in [-0.25, -0.2) is 4.79 Å². The molecule has 1 aliphatic rings. The fourth-order valence-corrected chi connectivity index (χ4v) is 2.32. The summed E-state index contributed by atoms with van der Waals surface area (Å²) in [6, 6.07) is 2.95. The fourth-order valence-electron chi connectivity index (χ4n) is 2.32. The lowest BCUT2D eigenvalue weighted by atomic mass is 10.0. The molecule has 2 rings (SSSR count). The summed E-state index contributed by atoms with van der Waals surface area (Å²) in [6.45, 7) is 0.550. The van der Waals surface area contributed by atoms with Gasteiger partial charge >= 0.3 is 5.97 Å². The van der Waals surface area contributed by atoms with Crippen molar-refractivity contribution in [3.63, 3.8) is 0 Å². The average Bonchev–Trinajstić information content (AvgIpc) is 2.89. The highest BCUT2D eigenvalue weighted by atomic mass is 16.4. The van der Waals surface area contributed by atoms with Crippen LogP contribution >= 0.6 is 0 Å². The highest BCUT2D eigenvalue weighted by Crippen LogP contribution is 2.19. The lowest BCUT2D eigenvalue weighted by molar-refractivity contribution is -0.152. The third-order valence-electron chi connectivity index (χ3n) is 3.27. The minimum atomic E-state index is -0.902. The van der Waals surface area contributed by atoms with E-state index >= 15 is 0 Å². The van der Waals surface area contributed by atoms with E-state index in [9.17, 15) is 9.59 Å². The quantitative estimate of drug-likeness (QED) is 0.883. The van der Waals surface area contributed by atoms with E-state index in [-0.39, 0.29) is 5.91 Å². The van der Waals surface area contributed by atoms with Crippen LogP contribution in [0.3, 0.4) is 0 Å². The predicted octanol–water partition coefficient (Wildman–Crippen LogP) is 1.68. The first-order valence-corrected chi connectivity index (χ1v) is 6.23. The summed E-state index contributed by atoms with van der Waals surface area (Å²) in [7, 11) is 0. The zero-order valence-corrected chi connectivity index (χ0v) is 10.2. The van der Waals surface area contributed by atoms with E-state index < -0.39 is 12.0 Å². The first-order valence-electron chi connectivity index (χ1n) is 6.23. The number of aliphatic carboxylic acids is 1. The summed E-state index contributed by atoms with van der Waals surface area (Å²) in [6.07, 6.45) is 4.71. The molecule has 1 amide bonds. The molecule has 1 saturated heterocycles. The van der Waals surface area contributed by atoms with Gasteiger partial charge in [-0.15, -0.1) is 0 Å². The maximum Gasteiger partial charge on any atom is 0.326 e. The molecule has 1 atom stereocenters. The third-order valence-corrected chi connectivity index (χ3v) is 3.27. The first-order chi connectivity index (χ1) is 8.68. The number of hydrogen-bond donors (Lipinski definition) is 1. The van der Waals surface area contributed by atoms with Gasteiger partial charge in [-0.05, 0) is 31.4 Å².